The van der Waals surface area contributed by atoms with Crippen LogP contribution in [0.15, 0.2) is 12.4 Å². The van der Waals surface area contributed by atoms with E-state index in [4.69, 9.17) is 0 Å². The molecule has 1 heterocycles. The van der Waals surface area contributed by atoms with E-state index in [0.717, 1.165) is 24.1 Å². The quantitative estimate of drug-likeness (QED) is 0.803. The second-order valence-electron chi connectivity index (χ2n) is 5.27. The summed E-state index contributed by atoms with van der Waals surface area (Å²) in [5.41, 5.74) is 0. The molecule has 1 aromatic heterocycles. The Kier molecular flexibility index (Phi) is 4.79. The third-order valence-electron chi connectivity index (χ3n) is 3.63. The van der Waals surface area contributed by atoms with Gasteiger partial charge in [0.1, 0.15) is 18.0 Å². The van der Waals surface area contributed by atoms with Gasteiger partial charge in [-0.1, -0.05) is 19.8 Å². The molecule has 18 heavy (non-hydrogen) atoms. The van der Waals surface area contributed by atoms with Crippen molar-refractivity contribution in [2.75, 3.05) is 17.2 Å². The van der Waals surface area contributed by atoms with Crippen LogP contribution in [-0.2, 0) is 0 Å². The predicted molar refractivity (Wildman–Crippen MR) is 75.9 cm³/mol. The van der Waals surface area contributed by atoms with E-state index >= 15 is 0 Å². The van der Waals surface area contributed by atoms with Crippen molar-refractivity contribution in [3.63, 3.8) is 0 Å². The predicted octanol–water partition coefficient (Wildman–Crippen LogP) is 3.29. The lowest BCUT2D eigenvalue weighted by atomic mass is 10.0. The Morgan fingerprint density at radius 2 is 2.00 bits per heavy atom. The molecule has 0 spiro atoms. The normalized spacial score (nSPS) is 24.3. The molecule has 1 aromatic rings. The molecule has 4 nitrogen and oxygen atoms in total. The van der Waals surface area contributed by atoms with Crippen LogP contribution in [0.3, 0.4) is 0 Å². The summed E-state index contributed by atoms with van der Waals surface area (Å²) >= 11 is 0. The maximum Gasteiger partial charge on any atom is 0.131 e. The Morgan fingerprint density at radius 3 is 2.83 bits per heavy atom. The molecule has 2 rings (SSSR count). The smallest absolute Gasteiger partial charge is 0.131 e. The topological polar surface area (TPSA) is 49.8 Å². The summed E-state index contributed by atoms with van der Waals surface area (Å²) in [4.78, 5) is 8.49. The lowest BCUT2D eigenvalue weighted by Gasteiger charge is -2.17. The van der Waals surface area contributed by atoms with Crippen molar-refractivity contribution in [1.82, 2.24) is 9.97 Å². The van der Waals surface area contributed by atoms with Crippen molar-refractivity contribution in [2.24, 2.45) is 5.92 Å². The number of hydrogen-bond acceptors (Lipinski definition) is 4. The van der Waals surface area contributed by atoms with Crippen LogP contribution in [0.4, 0.5) is 11.6 Å². The summed E-state index contributed by atoms with van der Waals surface area (Å²) in [5.74, 6) is 2.72. The zero-order chi connectivity index (χ0) is 12.8. The minimum atomic E-state index is 0.569. The first kappa shape index (κ1) is 13.1. The van der Waals surface area contributed by atoms with Crippen molar-refractivity contribution < 1.29 is 0 Å². The fourth-order valence-electron chi connectivity index (χ4n) is 2.55. The van der Waals surface area contributed by atoms with Crippen molar-refractivity contribution >= 4 is 11.6 Å². The molecule has 4 heteroatoms. The first-order valence-electron chi connectivity index (χ1n) is 7.10. The standard InChI is InChI=1S/C14H24N4/c1-3-15-13-9-14(17-10-16-13)18-12-6-4-5-11(2)7-8-12/h9-12H,3-8H2,1-2H3,(H2,15,16,17,18). The first-order valence-corrected chi connectivity index (χ1v) is 7.10. The minimum Gasteiger partial charge on any atom is -0.370 e. The fourth-order valence-corrected chi connectivity index (χ4v) is 2.55. The molecule has 2 unspecified atom stereocenters. The molecular formula is C14H24N4. The number of rotatable bonds is 4. The molecule has 1 fully saturated rings. The Labute approximate surface area is 110 Å². The number of anilines is 2. The van der Waals surface area contributed by atoms with E-state index in [0.29, 0.717) is 6.04 Å². The molecular weight excluding hydrogens is 224 g/mol. The molecule has 0 bridgehead atoms. The Morgan fingerprint density at radius 1 is 1.17 bits per heavy atom. The van der Waals surface area contributed by atoms with Crippen LogP contribution in [0, 0.1) is 5.92 Å². The summed E-state index contributed by atoms with van der Waals surface area (Å²) in [6.07, 6.45) is 8.14. The first-order chi connectivity index (χ1) is 8.78. The van der Waals surface area contributed by atoms with Crippen LogP contribution in [0.25, 0.3) is 0 Å². The molecule has 1 aliphatic rings. The third-order valence-corrected chi connectivity index (χ3v) is 3.63. The highest BCUT2D eigenvalue weighted by Crippen LogP contribution is 2.24. The second kappa shape index (κ2) is 6.57. The Bertz CT molecular complexity index is 367. The molecule has 0 aromatic carbocycles. The van der Waals surface area contributed by atoms with Gasteiger partial charge < -0.3 is 10.6 Å². The summed E-state index contributed by atoms with van der Waals surface area (Å²) in [7, 11) is 0. The van der Waals surface area contributed by atoms with Crippen LogP contribution in [-0.4, -0.2) is 22.6 Å². The van der Waals surface area contributed by atoms with Gasteiger partial charge in [-0.25, -0.2) is 9.97 Å². The lowest BCUT2D eigenvalue weighted by molar-refractivity contribution is 0.502. The van der Waals surface area contributed by atoms with E-state index in [1.165, 1.54) is 32.1 Å². The van der Waals surface area contributed by atoms with Gasteiger partial charge in [-0.2, -0.15) is 0 Å². The van der Waals surface area contributed by atoms with Gasteiger partial charge >= 0.3 is 0 Å². The molecule has 100 valence electrons. The molecule has 1 aliphatic carbocycles. The summed E-state index contributed by atoms with van der Waals surface area (Å²) in [6.45, 7) is 5.32. The highest BCUT2D eigenvalue weighted by molar-refractivity contribution is 5.46. The maximum absolute atomic E-state index is 4.30. The average Bonchev–Trinajstić information content (AvgIpc) is 2.56. The molecule has 2 atom stereocenters. The van der Waals surface area contributed by atoms with Gasteiger partial charge in [0, 0.05) is 18.7 Å². The van der Waals surface area contributed by atoms with E-state index in [1.807, 2.05) is 6.07 Å². The van der Waals surface area contributed by atoms with Gasteiger partial charge in [0.2, 0.25) is 0 Å². The largest absolute Gasteiger partial charge is 0.370 e. The van der Waals surface area contributed by atoms with Crippen molar-refractivity contribution in [1.29, 1.82) is 0 Å². The Balaban J connectivity index is 1.93. The molecule has 0 aliphatic heterocycles. The van der Waals surface area contributed by atoms with Gasteiger partial charge in [-0.3, -0.25) is 0 Å². The molecule has 0 saturated heterocycles. The highest BCUT2D eigenvalue weighted by atomic mass is 15.1. The maximum atomic E-state index is 4.30. The van der Waals surface area contributed by atoms with Crippen LogP contribution in [0.1, 0.15) is 46.0 Å². The van der Waals surface area contributed by atoms with Crippen LogP contribution in [0.5, 0.6) is 0 Å². The zero-order valence-electron chi connectivity index (χ0n) is 11.4. The SMILES string of the molecule is CCNc1cc(NC2CCCC(C)CC2)ncn1. The van der Waals surface area contributed by atoms with Crippen LogP contribution >= 0.6 is 0 Å². The zero-order valence-corrected chi connectivity index (χ0v) is 11.4. The van der Waals surface area contributed by atoms with Gasteiger partial charge in [-0.15, -0.1) is 0 Å². The van der Waals surface area contributed by atoms with Crippen molar-refractivity contribution in [2.45, 2.75) is 52.0 Å². The minimum absolute atomic E-state index is 0.569. The number of hydrogen-bond donors (Lipinski definition) is 2. The van der Waals surface area contributed by atoms with Crippen LogP contribution in [0.2, 0.25) is 0 Å². The molecule has 2 N–H and O–H groups in total. The van der Waals surface area contributed by atoms with Crippen molar-refractivity contribution in [3.8, 4) is 0 Å². The monoisotopic (exact) mass is 248 g/mol. The fraction of sp³-hybridized carbons (Fsp3) is 0.714. The van der Waals surface area contributed by atoms with Crippen molar-refractivity contribution in [3.05, 3.63) is 12.4 Å². The van der Waals surface area contributed by atoms with E-state index in [1.54, 1.807) is 6.33 Å². The Hall–Kier alpha value is -1.32. The van der Waals surface area contributed by atoms with Gasteiger partial charge in [0.25, 0.3) is 0 Å². The highest BCUT2D eigenvalue weighted by Gasteiger charge is 2.16. The number of nitrogens with one attached hydrogen (secondary N) is 2. The molecule has 1 saturated carbocycles. The van der Waals surface area contributed by atoms with E-state index < -0.39 is 0 Å². The summed E-state index contributed by atoms with van der Waals surface area (Å²) in [6, 6.07) is 2.57. The van der Waals surface area contributed by atoms with Gasteiger partial charge in [0.05, 0.1) is 0 Å². The third kappa shape index (κ3) is 3.86. The van der Waals surface area contributed by atoms with E-state index in [-0.39, 0.29) is 0 Å². The van der Waals surface area contributed by atoms with Gasteiger partial charge in [-0.05, 0) is 32.1 Å². The summed E-state index contributed by atoms with van der Waals surface area (Å²) in [5, 5.41) is 6.76. The van der Waals surface area contributed by atoms with E-state index in [9.17, 15) is 0 Å². The number of aromatic nitrogens is 2. The summed E-state index contributed by atoms with van der Waals surface area (Å²) < 4.78 is 0. The number of nitrogens with zero attached hydrogens (tertiary/aromatic N) is 2. The van der Waals surface area contributed by atoms with E-state index in [2.05, 4.69) is 34.4 Å². The average molecular weight is 248 g/mol. The van der Waals surface area contributed by atoms with Crippen LogP contribution < -0.4 is 10.6 Å². The lowest BCUT2D eigenvalue weighted by Crippen LogP contribution is -2.19. The molecule has 0 amide bonds. The molecule has 0 radical (unpaired) electrons. The second-order valence-corrected chi connectivity index (χ2v) is 5.27. The van der Waals surface area contributed by atoms with Gasteiger partial charge in [0.15, 0.2) is 0 Å².